The Bertz CT molecular complexity index is 461. The molecule has 104 valence electrons. The highest BCUT2D eigenvalue weighted by atomic mass is 35.5. The summed E-state index contributed by atoms with van der Waals surface area (Å²) in [6, 6.07) is 6.35. The van der Waals surface area contributed by atoms with Gasteiger partial charge in [0.2, 0.25) is 0 Å². The minimum atomic E-state index is -0.893. The van der Waals surface area contributed by atoms with Crippen molar-refractivity contribution in [3.63, 3.8) is 0 Å². The van der Waals surface area contributed by atoms with Crippen LogP contribution in [0.15, 0.2) is 18.2 Å². The minimum Gasteiger partial charge on any atom is -0.465 e. The molecule has 4 nitrogen and oxygen atoms in total. The molecule has 1 saturated carbocycles. The normalized spacial score (nSPS) is 14.4. The maximum Gasteiger partial charge on any atom is 0.407 e. The quantitative estimate of drug-likeness (QED) is 0.843. The van der Waals surface area contributed by atoms with Crippen molar-refractivity contribution in [2.24, 2.45) is 0 Å². The zero-order valence-electron chi connectivity index (χ0n) is 11.0. The van der Waals surface area contributed by atoms with E-state index in [1.807, 2.05) is 25.1 Å². The van der Waals surface area contributed by atoms with Gasteiger partial charge in [0, 0.05) is 30.7 Å². The van der Waals surface area contributed by atoms with Crippen LogP contribution in [0.5, 0.6) is 0 Å². The second kappa shape index (κ2) is 6.26. The van der Waals surface area contributed by atoms with Crippen molar-refractivity contribution in [1.82, 2.24) is 10.2 Å². The van der Waals surface area contributed by atoms with Crippen LogP contribution in [0, 0.1) is 0 Å². The number of hydrogen-bond acceptors (Lipinski definition) is 2. The van der Waals surface area contributed by atoms with Crippen molar-refractivity contribution in [1.29, 1.82) is 0 Å². The lowest BCUT2D eigenvalue weighted by Crippen LogP contribution is -2.28. The van der Waals surface area contributed by atoms with Crippen LogP contribution in [-0.4, -0.2) is 28.7 Å². The Labute approximate surface area is 118 Å². The third-order valence-electron chi connectivity index (χ3n) is 3.29. The summed E-state index contributed by atoms with van der Waals surface area (Å²) in [4.78, 5) is 12.4. The van der Waals surface area contributed by atoms with E-state index in [1.54, 1.807) is 0 Å². The number of benzene rings is 1. The zero-order chi connectivity index (χ0) is 13.8. The molecule has 1 aromatic rings. The Morgan fingerprint density at radius 3 is 2.84 bits per heavy atom. The van der Waals surface area contributed by atoms with Crippen molar-refractivity contribution in [3.8, 4) is 0 Å². The largest absolute Gasteiger partial charge is 0.465 e. The summed E-state index contributed by atoms with van der Waals surface area (Å²) in [5.74, 6) is 0. The first-order valence-electron chi connectivity index (χ1n) is 6.58. The first-order valence-corrected chi connectivity index (χ1v) is 6.96. The second-order valence-electron chi connectivity index (χ2n) is 4.88. The van der Waals surface area contributed by atoms with Gasteiger partial charge >= 0.3 is 6.09 Å². The van der Waals surface area contributed by atoms with Gasteiger partial charge in [0.25, 0.3) is 0 Å². The molecule has 0 bridgehead atoms. The number of amides is 1. The van der Waals surface area contributed by atoms with E-state index in [2.05, 4.69) is 5.32 Å². The second-order valence-corrected chi connectivity index (χ2v) is 5.28. The lowest BCUT2D eigenvalue weighted by atomic mass is 10.1. The van der Waals surface area contributed by atoms with Crippen molar-refractivity contribution in [2.75, 3.05) is 6.54 Å². The topological polar surface area (TPSA) is 52.6 Å². The van der Waals surface area contributed by atoms with Crippen LogP contribution in [0.4, 0.5) is 4.79 Å². The molecule has 1 fully saturated rings. The van der Waals surface area contributed by atoms with Crippen LogP contribution in [0.2, 0.25) is 5.02 Å². The van der Waals surface area contributed by atoms with Gasteiger partial charge in [-0.25, -0.2) is 4.79 Å². The summed E-state index contributed by atoms with van der Waals surface area (Å²) in [6.07, 6.45) is 1.58. The molecule has 1 amide bonds. The fraction of sp³-hybridized carbons (Fsp3) is 0.500. The Morgan fingerprint density at radius 2 is 2.26 bits per heavy atom. The van der Waals surface area contributed by atoms with E-state index in [9.17, 15) is 4.79 Å². The van der Waals surface area contributed by atoms with Gasteiger partial charge in [0.1, 0.15) is 0 Å². The van der Waals surface area contributed by atoms with Crippen molar-refractivity contribution in [2.45, 2.75) is 38.9 Å². The van der Waals surface area contributed by atoms with E-state index in [1.165, 1.54) is 17.7 Å². The van der Waals surface area contributed by atoms with E-state index in [4.69, 9.17) is 16.7 Å². The van der Waals surface area contributed by atoms with Crippen LogP contribution in [0.25, 0.3) is 0 Å². The molecule has 0 atom stereocenters. The van der Waals surface area contributed by atoms with E-state index in [0.717, 1.165) is 22.7 Å². The maximum atomic E-state index is 11.0. The molecule has 0 unspecified atom stereocenters. The molecule has 0 saturated heterocycles. The van der Waals surface area contributed by atoms with Gasteiger partial charge in [-0.2, -0.15) is 0 Å². The highest BCUT2D eigenvalue weighted by Gasteiger charge is 2.20. The summed E-state index contributed by atoms with van der Waals surface area (Å²) in [6.45, 7) is 3.46. The average Bonchev–Trinajstić information content (AvgIpc) is 3.19. The zero-order valence-corrected chi connectivity index (χ0v) is 11.8. The Hall–Kier alpha value is -1.26. The van der Waals surface area contributed by atoms with Crippen molar-refractivity contribution in [3.05, 3.63) is 34.3 Å². The number of nitrogens with one attached hydrogen (secondary N) is 1. The molecule has 19 heavy (non-hydrogen) atoms. The maximum absolute atomic E-state index is 11.0. The minimum absolute atomic E-state index is 0.402. The molecular weight excluding hydrogens is 264 g/mol. The van der Waals surface area contributed by atoms with Crippen molar-refractivity contribution < 1.29 is 9.90 Å². The summed E-state index contributed by atoms with van der Waals surface area (Å²) in [7, 11) is 0. The molecule has 0 radical (unpaired) electrons. The Kier molecular flexibility index (Phi) is 4.66. The molecule has 0 spiro atoms. The third kappa shape index (κ3) is 4.11. The number of carboxylic acid groups (broad SMARTS) is 1. The lowest BCUT2D eigenvalue weighted by molar-refractivity contribution is 0.145. The van der Waals surface area contributed by atoms with Gasteiger partial charge in [-0.05, 0) is 37.0 Å². The average molecular weight is 283 g/mol. The monoisotopic (exact) mass is 282 g/mol. The molecule has 1 aliphatic carbocycles. The Balaban J connectivity index is 2.03. The van der Waals surface area contributed by atoms with Crippen LogP contribution in [0.3, 0.4) is 0 Å². The lowest BCUT2D eigenvalue weighted by Gasteiger charge is -2.17. The number of halogens is 1. The standard InChI is InChI=1S/C14H19ClN2O2/c1-2-17(14(18)19)9-10-3-6-13(15)11(7-10)8-16-12-4-5-12/h3,6-7,12,16H,2,4-5,8-9H2,1H3,(H,18,19). The van der Waals surface area contributed by atoms with Gasteiger partial charge in [-0.3, -0.25) is 0 Å². The van der Waals surface area contributed by atoms with E-state index < -0.39 is 6.09 Å². The highest BCUT2D eigenvalue weighted by Crippen LogP contribution is 2.22. The van der Waals surface area contributed by atoms with Crippen LogP contribution >= 0.6 is 11.6 Å². The molecular formula is C14H19ClN2O2. The number of nitrogens with zero attached hydrogens (tertiary/aromatic N) is 1. The fourth-order valence-corrected chi connectivity index (χ4v) is 2.12. The summed E-state index contributed by atoms with van der Waals surface area (Å²) in [5.41, 5.74) is 2.01. The van der Waals surface area contributed by atoms with E-state index in [-0.39, 0.29) is 0 Å². The number of hydrogen-bond donors (Lipinski definition) is 2. The molecule has 1 aromatic carbocycles. The predicted octanol–water partition coefficient (Wildman–Crippen LogP) is 3.09. The molecule has 0 aromatic heterocycles. The molecule has 2 N–H and O–H groups in total. The van der Waals surface area contributed by atoms with Gasteiger partial charge < -0.3 is 15.3 Å². The smallest absolute Gasteiger partial charge is 0.407 e. The van der Waals surface area contributed by atoms with Gasteiger partial charge in [0.15, 0.2) is 0 Å². The summed E-state index contributed by atoms with van der Waals surface area (Å²) >= 11 is 6.16. The highest BCUT2D eigenvalue weighted by molar-refractivity contribution is 6.31. The predicted molar refractivity (Wildman–Crippen MR) is 75.4 cm³/mol. The van der Waals surface area contributed by atoms with Gasteiger partial charge in [0.05, 0.1) is 0 Å². The van der Waals surface area contributed by atoms with Crippen molar-refractivity contribution >= 4 is 17.7 Å². The fourth-order valence-electron chi connectivity index (χ4n) is 1.94. The molecule has 0 heterocycles. The molecule has 5 heteroatoms. The molecule has 1 aliphatic rings. The van der Waals surface area contributed by atoms with Crippen LogP contribution in [-0.2, 0) is 13.1 Å². The van der Waals surface area contributed by atoms with Gasteiger partial charge in [-0.15, -0.1) is 0 Å². The van der Waals surface area contributed by atoms with Gasteiger partial charge in [-0.1, -0.05) is 23.7 Å². The molecule has 0 aliphatic heterocycles. The third-order valence-corrected chi connectivity index (χ3v) is 3.66. The summed E-state index contributed by atoms with van der Waals surface area (Å²) < 4.78 is 0. The number of carbonyl (C=O) groups is 1. The first kappa shape index (κ1) is 14.2. The van der Waals surface area contributed by atoms with Crippen LogP contribution in [0.1, 0.15) is 30.9 Å². The first-order chi connectivity index (χ1) is 9.10. The Morgan fingerprint density at radius 1 is 1.53 bits per heavy atom. The van der Waals surface area contributed by atoms with Crippen LogP contribution < -0.4 is 5.32 Å². The van der Waals surface area contributed by atoms with E-state index >= 15 is 0 Å². The SMILES string of the molecule is CCN(Cc1ccc(Cl)c(CNC2CC2)c1)C(=O)O. The molecule has 2 rings (SSSR count). The van der Waals surface area contributed by atoms with E-state index in [0.29, 0.717) is 19.1 Å². The number of rotatable bonds is 6. The summed E-state index contributed by atoms with van der Waals surface area (Å²) in [5, 5.41) is 13.2.